The minimum absolute atomic E-state index is 0.116. The summed E-state index contributed by atoms with van der Waals surface area (Å²) in [6.45, 7) is -1.43. The molecule has 1 aliphatic carbocycles. The van der Waals surface area contributed by atoms with E-state index in [1.165, 1.54) is 18.2 Å². The third kappa shape index (κ3) is 7.22. The van der Waals surface area contributed by atoms with Crippen molar-refractivity contribution in [3.63, 3.8) is 0 Å². The van der Waals surface area contributed by atoms with E-state index in [-0.39, 0.29) is 23.6 Å². The summed E-state index contributed by atoms with van der Waals surface area (Å²) in [4.78, 5) is 28.0. The molecule has 0 unspecified atom stereocenters. The maximum atomic E-state index is 13.0. The Labute approximate surface area is 223 Å². The number of nitrogens with zero attached hydrogens (tertiary/aromatic N) is 1. The van der Waals surface area contributed by atoms with Crippen LogP contribution in [0.25, 0.3) is 0 Å². The van der Waals surface area contributed by atoms with E-state index in [2.05, 4.69) is 9.72 Å². The van der Waals surface area contributed by atoms with E-state index in [4.69, 9.17) is 25.8 Å². The average Bonchev–Trinajstić information content (AvgIpc) is 3.61. The Balaban J connectivity index is 1.56. The van der Waals surface area contributed by atoms with Crippen molar-refractivity contribution in [1.82, 2.24) is 4.57 Å². The molecule has 1 aliphatic rings. The molecule has 1 aromatic carbocycles. The molecule has 2 aromatic heterocycles. The number of carbonyl (C=O) groups excluding carboxylic acids is 2. The predicted octanol–water partition coefficient (Wildman–Crippen LogP) is 4.88. The summed E-state index contributed by atoms with van der Waals surface area (Å²) in [6.07, 6.45) is 6.34. The summed E-state index contributed by atoms with van der Waals surface area (Å²) in [7, 11) is 1.68. The topological polar surface area (TPSA) is 90.1 Å². The standard InChI is InChI=1S/C27H27ClF2N2O6/c1-16-12-31-13-20(28)19(16)11-23(37-25(33)15-36-26(34)21-4-3-9-32(21)2)18-7-8-22(38-27(29)30)24(10-18)35-14-17-5-6-17/h3-4,7-10,12-13,17,23,27H,5-6,11,14-15H2,1-2H3/p+1/t23-/m0/s1. The second-order valence-electron chi connectivity index (χ2n) is 9.07. The Morgan fingerprint density at radius 3 is 2.63 bits per heavy atom. The number of benzene rings is 1. The van der Waals surface area contributed by atoms with Gasteiger partial charge in [-0.05, 0) is 61.1 Å². The van der Waals surface area contributed by atoms with Crippen LogP contribution in [-0.4, -0.2) is 36.3 Å². The predicted molar refractivity (Wildman–Crippen MR) is 132 cm³/mol. The van der Waals surface area contributed by atoms with E-state index in [0.29, 0.717) is 23.1 Å². The average molecular weight is 550 g/mol. The molecule has 202 valence electrons. The number of aromatic amines is 1. The number of ether oxygens (including phenoxy) is 4. The van der Waals surface area contributed by atoms with E-state index in [9.17, 15) is 18.4 Å². The highest BCUT2D eigenvalue weighted by molar-refractivity contribution is 6.31. The molecular weight excluding hydrogens is 522 g/mol. The van der Waals surface area contributed by atoms with Crippen LogP contribution in [0.2, 0.25) is 5.02 Å². The fourth-order valence-electron chi connectivity index (χ4n) is 3.86. The second kappa shape index (κ2) is 12.3. The number of carbonyl (C=O) groups is 2. The van der Waals surface area contributed by atoms with Gasteiger partial charge in [0, 0.05) is 25.2 Å². The molecule has 38 heavy (non-hydrogen) atoms. The van der Waals surface area contributed by atoms with E-state index in [1.54, 1.807) is 42.3 Å². The van der Waals surface area contributed by atoms with Gasteiger partial charge in [0.15, 0.2) is 30.5 Å². The van der Waals surface area contributed by atoms with Gasteiger partial charge in [0.1, 0.15) is 16.8 Å². The number of nitrogens with one attached hydrogen (secondary N) is 1. The lowest BCUT2D eigenvalue weighted by Crippen LogP contribution is -2.21. The van der Waals surface area contributed by atoms with Gasteiger partial charge >= 0.3 is 18.6 Å². The monoisotopic (exact) mass is 549 g/mol. The molecule has 0 bridgehead atoms. The highest BCUT2D eigenvalue weighted by atomic mass is 35.5. The Kier molecular flexibility index (Phi) is 8.83. The molecule has 2 heterocycles. The van der Waals surface area contributed by atoms with Gasteiger partial charge in [0.25, 0.3) is 0 Å². The number of hydrogen-bond acceptors (Lipinski definition) is 6. The summed E-state index contributed by atoms with van der Waals surface area (Å²) < 4.78 is 48.8. The van der Waals surface area contributed by atoms with Gasteiger partial charge in [0.05, 0.1) is 6.61 Å². The van der Waals surface area contributed by atoms with Gasteiger partial charge in [-0.3, -0.25) is 0 Å². The Bertz CT molecular complexity index is 1270. The summed E-state index contributed by atoms with van der Waals surface area (Å²) >= 11 is 6.41. The fraction of sp³-hybridized carbons (Fsp3) is 0.370. The van der Waals surface area contributed by atoms with Crippen molar-refractivity contribution in [2.24, 2.45) is 13.0 Å². The lowest BCUT2D eigenvalue weighted by Gasteiger charge is -2.21. The summed E-state index contributed by atoms with van der Waals surface area (Å²) in [5, 5.41) is 0.434. The molecule has 3 aromatic rings. The van der Waals surface area contributed by atoms with Crippen LogP contribution in [0.1, 0.15) is 46.1 Å². The second-order valence-corrected chi connectivity index (χ2v) is 9.47. The number of hydrogen-bond donors (Lipinski definition) is 0. The molecule has 1 fully saturated rings. The summed E-state index contributed by atoms with van der Waals surface area (Å²) in [5.74, 6) is -1.09. The quantitative estimate of drug-likeness (QED) is 0.299. The molecule has 1 N–H and O–H groups in total. The first-order valence-electron chi connectivity index (χ1n) is 12.1. The number of esters is 2. The molecule has 0 spiro atoms. The SMILES string of the molecule is Cc1c[nH+]cc(Cl)c1C[C@H](OC(=O)COC(=O)c1cccn1C)c1ccc(OC(F)F)c(OCC2CC2)c1. The Morgan fingerprint density at radius 2 is 1.97 bits per heavy atom. The largest absolute Gasteiger partial charge is 0.489 e. The van der Waals surface area contributed by atoms with Gasteiger partial charge in [-0.2, -0.15) is 8.78 Å². The van der Waals surface area contributed by atoms with E-state index < -0.39 is 31.3 Å². The molecule has 1 saturated carbocycles. The molecule has 0 saturated heterocycles. The molecular formula is C27H28ClF2N2O6+. The third-order valence-electron chi connectivity index (χ3n) is 6.14. The van der Waals surface area contributed by atoms with Crippen LogP contribution < -0.4 is 14.5 Å². The number of aromatic nitrogens is 2. The highest BCUT2D eigenvalue weighted by Gasteiger charge is 2.26. The van der Waals surface area contributed by atoms with Gasteiger partial charge in [-0.1, -0.05) is 17.7 Å². The number of rotatable bonds is 12. The van der Waals surface area contributed by atoms with Crippen LogP contribution in [0.4, 0.5) is 8.78 Å². The van der Waals surface area contributed by atoms with E-state index in [1.807, 2.05) is 6.92 Å². The number of alkyl halides is 2. The van der Waals surface area contributed by atoms with Crippen molar-refractivity contribution < 1.29 is 42.3 Å². The maximum Gasteiger partial charge on any atom is 0.387 e. The highest BCUT2D eigenvalue weighted by Crippen LogP contribution is 2.37. The van der Waals surface area contributed by atoms with E-state index in [0.717, 1.165) is 24.0 Å². The maximum absolute atomic E-state index is 13.0. The van der Waals surface area contributed by atoms with Crippen LogP contribution in [0, 0.1) is 12.8 Å². The lowest BCUT2D eigenvalue weighted by atomic mass is 9.98. The minimum Gasteiger partial charge on any atom is -0.489 e. The zero-order valence-electron chi connectivity index (χ0n) is 20.9. The molecule has 0 amide bonds. The van der Waals surface area contributed by atoms with Crippen LogP contribution in [0.5, 0.6) is 11.5 Å². The van der Waals surface area contributed by atoms with Gasteiger partial charge < -0.3 is 23.5 Å². The molecule has 0 radical (unpaired) electrons. The molecule has 11 heteroatoms. The first-order chi connectivity index (χ1) is 18.2. The molecule has 1 atom stereocenters. The van der Waals surface area contributed by atoms with Crippen molar-refractivity contribution in [3.8, 4) is 11.5 Å². The first-order valence-corrected chi connectivity index (χ1v) is 12.4. The lowest BCUT2D eigenvalue weighted by molar-refractivity contribution is -0.378. The first kappa shape index (κ1) is 27.4. The van der Waals surface area contributed by atoms with Crippen molar-refractivity contribution in [3.05, 3.63) is 76.3 Å². The normalized spacial score (nSPS) is 13.7. The zero-order valence-corrected chi connectivity index (χ0v) is 21.7. The Hall–Kier alpha value is -3.66. The van der Waals surface area contributed by atoms with E-state index >= 15 is 0 Å². The third-order valence-corrected chi connectivity index (χ3v) is 6.48. The van der Waals surface area contributed by atoms with Crippen molar-refractivity contribution in [2.45, 2.75) is 38.9 Å². The van der Waals surface area contributed by atoms with Crippen LogP contribution in [0.15, 0.2) is 48.9 Å². The van der Waals surface area contributed by atoms with Gasteiger partial charge in [0.2, 0.25) is 0 Å². The molecule has 4 rings (SSSR count). The van der Waals surface area contributed by atoms with Crippen molar-refractivity contribution in [2.75, 3.05) is 13.2 Å². The molecule has 8 nitrogen and oxygen atoms in total. The van der Waals surface area contributed by atoms with Crippen LogP contribution in [-0.2, 0) is 27.7 Å². The summed E-state index contributed by atoms with van der Waals surface area (Å²) in [5.41, 5.74) is 2.31. The van der Waals surface area contributed by atoms with Gasteiger partial charge in [-0.15, -0.1) is 0 Å². The Morgan fingerprint density at radius 1 is 1.18 bits per heavy atom. The molecule has 0 aliphatic heterocycles. The van der Waals surface area contributed by atoms with Crippen molar-refractivity contribution in [1.29, 1.82) is 0 Å². The van der Waals surface area contributed by atoms with Crippen LogP contribution >= 0.6 is 11.6 Å². The fourth-order valence-corrected chi connectivity index (χ4v) is 4.15. The number of pyridine rings is 1. The number of aryl methyl sites for hydroxylation is 2. The minimum atomic E-state index is -3.03. The van der Waals surface area contributed by atoms with Gasteiger partial charge in [-0.25, -0.2) is 14.6 Å². The smallest absolute Gasteiger partial charge is 0.387 e. The number of H-pyrrole nitrogens is 1. The summed E-state index contributed by atoms with van der Waals surface area (Å²) in [6, 6.07) is 7.64. The number of halogens is 3. The van der Waals surface area contributed by atoms with Crippen LogP contribution in [0.3, 0.4) is 0 Å². The van der Waals surface area contributed by atoms with Crippen molar-refractivity contribution >= 4 is 23.5 Å². The zero-order chi connectivity index (χ0) is 27.2.